The molecule has 2 amide bonds. The SMILES string of the molecule is COC(=O)c1ccc(NC(=O)C(C#N)=Cc2cccc(OCC(=O)Nc3ccccc3F)c2)cc1. The van der Waals surface area contributed by atoms with Crippen LogP contribution in [-0.4, -0.2) is 31.5 Å². The zero-order chi connectivity index (χ0) is 25.2. The quantitative estimate of drug-likeness (QED) is 0.288. The van der Waals surface area contributed by atoms with Crippen molar-refractivity contribution in [1.82, 2.24) is 0 Å². The molecule has 0 saturated carbocycles. The topological polar surface area (TPSA) is 118 Å². The van der Waals surface area contributed by atoms with Gasteiger partial charge in [0.2, 0.25) is 0 Å². The predicted molar refractivity (Wildman–Crippen MR) is 127 cm³/mol. The van der Waals surface area contributed by atoms with Crippen LogP contribution in [0.1, 0.15) is 15.9 Å². The molecule has 3 aromatic carbocycles. The van der Waals surface area contributed by atoms with E-state index in [-0.39, 0.29) is 17.9 Å². The van der Waals surface area contributed by atoms with Gasteiger partial charge in [-0.15, -0.1) is 0 Å². The second kappa shape index (κ2) is 11.8. The lowest BCUT2D eigenvalue weighted by atomic mass is 10.1. The van der Waals surface area contributed by atoms with Gasteiger partial charge in [0, 0.05) is 5.69 Å². The minimum Gasteiger partial charge on any atom is -0.484 e. The van der Waals surface area contributed by atoms with Gasteiger partial charge < -0.3 is 20.1 Å². The molecule has 2 N–H and O–H groups in total. The molecule has 0 aliphatic rings. The second-order valence-electron chi connectivity index (χ2n) is 7.08. The lowest BCUT2D eigenvalue weighted by molar-refractivity contribution is -0.118. The van der Waals surface area contributed by atoms with Crippen molar-refractivity contribution in [2.24, 2.45) is 0 Å². The summed E-state index contributed by atoms with van der Waals surface area (Å²) in [4.78, 5) is 36.1. The molecule has 0 atom stereocenters. The number of ether oxygens (including phenoxy) is 2. The maximum Gasteiger partial charge on any atom is 0.337 e. The third-order valence-electron chi connectivity index (χ3n) is 4.62. The lowest BCUT2D eigenvalue weighted by Gasteiger charge is -2.09. The number of halogens is 1. The van der Waals surface area contributed by atoms with Gasteiger partial charge in [0.25, 0.3) is 11.8 Å². The number of anilines is 2. The number of nitrogens with zero attached hydrogens (tertiary/aromatic N) is 1. The van der Waals surface area contributed by atoms with E-state index >= 15 is 0 Å². The zero-order valence-corrected chi connectivity index (χ0v) is 18.6. The summed E-state index contributed by atoms with van der Waals surface area (Å²) in [7, 11) is 1.27. The normalized spacial score (nSPS) is 10.6. The minimum atomic E-state index is -0.645. The van der Waals surface area contributed by atoms with E-state index in [1.807, 2.05) is 6.07 Å². The van der Waals surface area contributed by atoms with Gasteiger partial charge in [-0.05, 0) is 60.2 Å². The molecule has 0 spiro atoms. The van der Waals surface area contributed by atoms with E-state index in [0.717, 1.165) is 0 Å². The molecule has 0 radical (unpaired) electrons. The number of benzene rings is 3. The van der Waals surface area contributed by atoms with E-state index < -0.39 is 23.6 Å². The fraction of sp³-hybridized carbons (Fsp3) is 0.0769. The third-order valence-corrected chi connectivity index (χ3v) is 4.62. The number of nitriles is 1. The third kappa shape index (κ3) is 7.00. The molecular weight excluding hydrogens is 453 g/mol. The van der Waals surface area contributed by atoms with Crippen molar-refractivity contribution >= 4 is 35.2 Å². The Balaban J connectivity index is 1.63. The van der Waals surface area contributed by atoms with Gasteiger partial charge in [-0.1, -0.05) is 24.3 Å². The Bertz CT molecular complexity index is 1310. The monoisotopic (exact) mass is 473 g/mol. The molecule has 3 rings (SSSR count). The first kappa shape index (κ1) is 24.7. The molecule has 3 aromatic rings. The number of esters is 1. The van der Waals surface area contributed by atoms with Gasteiger partial charge in [0.1, 0.15) is 23.2 Å². The highest BCUT2D eigenvalue weighted by atomic mass is 19.1. The van der Waals surface area contributed by atoms with Crippen LogP contribution in [0, 0.1) is 17.1 Å². The van der Waals surface area contributed by atoms with Crippen molar-refractivity contribution in [3.8, 4) is 11.8 Å². The molecule has 0 saturated heterocycles. The molecule has 8 nitrogen and oxygen atoms in total. The fourth-order valence-corrected chi connectivity index (χ4v) is 2.91. The summed E-state index contributed by atoms with van der Waals surface area (Å²) in [5, 5.41) is 14.4. The summed E-state index contributed by atoms with van der Waals surface area (Å²) >= 11 is 0. The minimum absolute atomic E-state index is 0.0439. The highest BCUT2D eigenvalue weighted by Crippen LogP contribution is 2.18. The van der Waals surface area contributed by atoms with E-state index in [9.17, 15) is 24.0 Å². The van der Waals surface area contributed by atoms with Gasteiger partial charge in [-0.3, -0.25) is 9.59 Å². The smallest absolute Gasteiger partial charge is 0.337 e. The van der Waals surface area contributed by atoms with E-state index in [0.29, 0.717) is 22.6 Å². The molecule has 176 valence electrons. The van der Waals surface area contributed by atoms with Crippen molar-refractivity contribution in [3.05, 3.63) is 95.3 Å². The summed E-state index contributed by atoms with van der Waals surface area (Å²) in [5.41, 5.74) is 1.08. The van der Waals surface area contributed by atoms with Crippen molar-refractivity contribution in [3.63, 3.8) is 0 Å². The van der Waals surface area contributed by atoms with Crippen molar-refractivity contribution < 1.29 is 28.2 Å². The maximum absolute atomic E-state index is 13.6. The van der Waals surface area contributed by atoms with Gasteiger partial charge >= 0.3 is 5.97 Å². The first-order valence-corrected chi connectivity index (χ1v) is 10.3. The van der Waals surface area contributed by atoms with Crippen molar-refractivity contribution in [1.29, 1.82) is 5.26 Å². The van der Waals surface area contributed by atoms with Gasteiger partial charge in [0.15, 0.2) is 6.61 Å². The van der Waals surface area contributed by atoms with Crippen LogP contribution in [-0.2, 0) is 14.3 Å². The Morgan fingerprint density at radius 2 is 1.74 bits per heavy atom. The number of carbonyl (C=O) groups excluding carboxylic acids is 3. The van der Waals surface area contributed by atoms with Crippen LogP contribution in [0.15, 0.2) is 78.4 Å². The van der Waals surface area contributed by atoms with E-state index in [1.54, 1.807) is 30.3 Å². The molecule has 0 aliphatic carbocycles. The van der Waals surface area contributed by atoms with Crippen LogP contribution in [0.3, 0.4) is 0 Å². The first-order chi connectivity index (χ1) is 16.9. The van der Waals surface area contributed by atoms with Crippen LogP contribution in [0.2, 0.25) is 0 Å². The highest BCUT2D eigenvalue weighted by Gasteiger charge is 2.12. The van der Waals surface area contributed by atoms with Crippen molar-refractivity contribution in [2.75, 3.05) is 24.4 Å². The predicted octanol–water partition coefficient (Wildman–Crippen LogP) is 4.18. The summed E-state index contributed by atoms with van der Waals surface area (Å²) in [6.07, 6.45) is 1.37. The van der Waals surface area contributed by atoms with E-state index in [2.05, 4.69) is 15.4 Å². The number of carbonyl (C=O) groups is 3. The Labute approximate surface area is 200 Å². The van der Waals surface area contributed by atoms with Crippen LogP contribution in [0.4, 0.5) is 15.8 Å². The number of rotatable bonds is 8. The molecule has 0 bridgehead atoms. The summed E-state index contributed by atoms with van der Waals surface area (Å²) < 4.78 is 23.7. The standard InChI is InChI=1S/C26H20FN3O5/c1-34-26(33)18-9-11-20(12-10-18)29-25(32)19(15-28)13-17-5-4-6-21(14-17)35-16-24(31)30-23-8-3-2-7-22(23)27/h2-14H,16H2,1H3,(H,29,32)(H,30,31). The second-order valence-corrected chi connectivity index (χ2v) is 7.08. The largest absolute Gasteiger partial charge is 0.484 e. The highest BCUT2D eigenvalue weighted by molar-refractivity contribution is 6.09. The summed E-state index contributed by atoms with van der Waals surface area (Å²) in [5.74, 6) is -1.94. The zero-order valence-electron chi connectivity index (χ0n) is 18.6. The number of hydrogen-bond acceptors (Lipinski definition) is 6. The summed E-state index contributed by atoms with van der Waals surface area (Å²) in [6.45, 7) is -0.366. The Kier molecular flexibility index (Phi) is 8.29. The average Bonchev–Trinajstić information content (AvgIpc) is 2.87. The molecule has 0 unspecified atom stereocenters. The number of para-hydroxylation sites is 1. The number of amides is 2. The number of hydrogen-bond donors (Lipinski definition) is 2. The molecule has 35 heavy (non-hydrogen) atoms. The Morgan fingerprint density at radius 3 is 2.43 bits per heavy atom. The number of nitrogens with one attached hydrogen (secondary N) is 2. The molecule has 0 fully saturated rings. The molecule has 0 aromatic heterocycles. The lowest BCUT2D eigenvalue weighted by Crippen LogP contribution is -2.20. The van der Waals surface area contributed by atoms with Crippen LogP contribution < -0.4 is 15.4 Å². The number of methoxy groups -OCH3 is 1. The van der Waals surface area contributed by atoms with E-state index in [4.69, 9.17) is 4.74 Å². The fourth-order valence-electron chi connectivity index (χ4n) is 2.91. The van der Waals surface area contributed by atoms with E-state index in [1.165, 1.54) is 55.7 Å². The van der Waals surface area contributed by atoms with Gasteiger partial charge in [0.05, 0.1) is 18.4 Å². The van der Waals surface area contributed by atoms with Crippen LogP contribution in [0.5, 0.6) is 5.75 Å². The molecule has 9 heteroatoms. The molecule has 0 heterocycles. The average molecular weight is 473 g/mol. The summed E-state index contributed by atoms with van der Waals surface area (Å²) in [6, 6.07) is 20.0. The molecular formula is C26H20FN3O5. The Hall–Kier alpha value is -4.97. The Morgan fingerprint density at radius 1 is 1.00 bits per heavy atom. The first-order valence-electron chi connectivity index (χ1n) is 10.3. The van der Waals surface area contributed by atoms with Gasteiger partial charge in [-0.25, -0.2) is 9.18 Å². The van der Waals surface area contributed by atoms with Crippen LogP contribution >= 0.6 is 0 Å². The van der Waals surface area contributed by atoms with Gasteiger partial charge in [-0.2, -0.15) is 5.26 Å². The molecule has 0 aliphatic heterocycles. The van der Waals surface area contributed by atoms with Crippen molar-refractivity contribution in [2.45, 2.75) is 0 Å². The van der Waals surface area contributed by atoms with Crippen LogP contribution in [0.25, 0.3) is 6.08 Å². The maximum atomic E-state index is 13.6.